The number of aryl methyl sites for hydroxylation is 1. The molecular formula is C17H30N4O. The number of aromatic nitrogens is 2. The smallest absolute Gasteiger partial charge is 0.269 e. The highest BCUT2D eigenvalue weighted by atomic mass is 16.2. The van der Waals surface area contributed by atoms with E-state index in [9.17, 15) is 4.79 Å². The number of hydrogen-bond acceptors (Lipinski definition) is 3. The summed E-state index contributed by atoms with van der Waals surface area (Å²) in [5, 5.41) is 7.53. The SMILES string of the molecule is CC(C)c1cc(C(=O)NCC(C(C)C)N2CCCC2)n(C)n1. The first-order valence-electron chi connectivity index (χ1n) is 8.46. The van der Waals surface area contributed by atoms with Crippen LogP contribution in [0.2, 0.25) is 0 Å². The third kappa shape index (κ3) is 3.88. The maximum absolute atomic E-state index is 12.5. The first-order chi connectivity index (χ1) is 10.4. The summed E-state index contributed by atoms with van der Waals surface area (Å²) in [5.41, 5.74) is 1.61. The van der Waals surface area contributed by atoms with E-state index in [2.05, 4.69) is 43.0 Å². The fourth-order valence-corrected chi connectivity index (χ4v) is 3.13. The number of rotatable bonds is 6. The van der Waals surface area contributed by atoms with Crippen molar-refractivity contribution in [2.75, 3.05) is 19.6 Å². The molecule has 2 rings (SSSR count). The molecule has 22 heavy (non-hydrogen) atoms. The molecule has 0 bridgehead atoms. The third-order valence-electron chi connectivity index (χ3n) is 4.57. The predicted molar refractivity (Wildman–Crippen MR) is 89.1 cm³/mol. The molecule has 5 nitrogen and oxygen atoms in total. The molecule has 1 unspecified atom stereocenters. The van der Waals surface area contributed by atoms with Gasteiger partial charge in [-0.2, -0.15) is 5.10 Å². The van der Waals surface area contributed by atoms with Crippen LogP contribution in [-0.4, -0.2) is 46.3 Å². The van der Waals surface area contributed by atoms with E-state index in [-0.39, 0.29) is 5.91 Å². The summed E-state index contributed by atoms with van der Waals surface area (Å²) in [7, 11) is 1.83. The molecule has 1 amide bonds. The molecule has 0 saturated carbocycles. The lowest BCUT2D eigenvalue weighted by Crippen LogP contribution is -2.45. The van der Waals surface area contributed by atoms with E-state index >= 15 is 0 Å². The number of likely N-dealkylation sites (tertiary alicyclic amines) is 1. The van der Waals surface area contributed by atoms with Gasteiger partial charge in [-0.3, -0.25) is 14.4 Å². The molecule has 1 aliphatic heterocycles. The van der Waals surface area contributed by atoms with Crippen molar-refractivity contribution in [2.24, 2.45) is 13.0 Å². The van der Waals surface area contributed by atoms with Crippen LogP contribution in [0.4, 0.5) is 0 Å². The summed E-state index contributed by atoms with van der Waals surface area (Å²) < 4.78 is 1.69. The van der Waals surface area contributed by atoms with Crippen LogP contribution in [0.3, 0.4) is 0 Å². The van der Waals surface area contributed by atoms with Crippen molar-refractivity contribution in [1.82, 2.24) is 20.0 Å². The van der Waals surface area contributed by atoms with Gasteiger partial charge in [0, 0.05) is 19.6 Å². The standard InChI is InChI=1S/C17H30N4O/c1-12(2)14-10-15(20(5)19-14)17(22)18-11-16(13(3)4)21-8-6-7-9-21/h10,12-13,16H,6-9,11H2,1-5H3,(H,18,22). The number of carbonyl (C=O) groups excluding carboxylic acids is 1. The molecule has 0 spiro atoms. The molecule has 1 aromatic heterocycles. The lowest BCUT2D eigenvalue weighted by molar-refractivity contribution is 0.0918. The topological polar surface area (TPSA) is 50.2 Å². The van der Waals surface area contributed by atoms with Gasteiger partial charge < -0.3 is 5.32 Å². The van der Waals surface area contributed by atoms with E-state index in [1.165, 1.54) is 12.8 Å². The molecule has 1 fully saturated rings. The molecule has 1 atom stereocenters. The zero-order valence-corrected chi connectivity index (χ0v) is 14.6. The van der Waals surface area contributed by atoms with Crippen LogP contribution in [0.1, 0.15) is 62.6 Å². The Morgan fingerprint density at radius 2 is 1.91 bits per heavy atom. The first kappa shape index (κ1) is 17.0. The Labute approximate surface area is 134 Å². The van der Waals surface area contributed by atoms with Crippen LogP contribution in [0.15, 0.2) is 6.07 Å². The van der Waals surface area contributed by atoms with Crippen molar-refractivity contribution >= 4 is 5.91 Å². The largest absolute Gasteiger partial charge is 0.349 e. The van der Waals surface area contributed by atoms with Gasteiger partial charge in [0.2, 0.25) is 0 Å². The Hall–Kier alpha value is -1.36. The molecule has 1 aliphatic rings. The van der Waals surface area contributed by atoms with Gasteiger partial charge in [-0.05, 0) is 43.8 Å². The molecule has 0 aromatic carbocycles. The second kappa shape index (κ2) is 7.27. The fraction of sp³-hybridized carbons (Fsp3) is 0.765. The van der Waals surface area contributed by atoms with Gasteiger partial charge in [-0.15, -0.1) is 0 Å². The van der Waals surface area contributed by atoms with Gasteiger partial charge in [-0.1, -0.05) is 27.7 Å². The Morgan fingerprint density at radius 3 is 2.41 bits per heavy atom. The summed E-state index contributed by atoms with van der Waals surface area (Å²) >= 11 is 0. The van der Waals surface area contributed by atoms with Crippen LogP contribution < -0.4 is 5.32 Å². The van der Waals surface area contributed by atoms with Gasteiger partial charge in [0.05, 0.1) is 5.69 Å². The molecule has 0 aliphatic carbocycles. The minimum absolute atomic E-state index is 0.0215. The van der Waals surface area contributed by atoms with Gasteiger partial charge in [0.1, 0.15) is 5.69 Å². The van der Waals surface area contributed by atoms with Gasteiger partial charge in [0.25, 0.3) is 5.91 Å². The average Bonchev–Trinajstić information content (AvgIpc) is 3.08. The summed E-state index contributed by atoms with van der Waals surface area (Å²) in [4.78, 5) is 15.0. The van der Waals surface area contributed by atoms with Crippen LogP contribution >= 0.6 is 0 Å². The molecule has 0 radical (unpaired) electrons. The van der Waals surface area contributed by atoms with Crippen molar-refractivity contribution in [3.05, 3.63) is 17.5 Å². The Kier molecular flexibility index (Phi) is 5.62. The summed E-state index contributed by atoms with van der Waals surface area (Å²) in [6, 6.07) is 2.32. The normalized spacial score (nSPS) is 17.4. The monoisotopic (exact) mass is 306 g/mol. The average molecular weight is 306 g/mol. The summed E-state index contributed by atoms with van der Waals surface area (Å²) in [6.07, 6.45) is 2.55. The molecule has 1 aromatic rings. The third-order valence-corrected chi connectivity index (χ3v) is 4.57. The maximum Gasteiger partial charge on any atom is 0.269 e. The van der Waals surface area contributed by atoms with E-state index in [1.807, 2.05) is 13.1 Å². The van der Waals surface area contributed by atoms with E-state index in [1.54, 1.807) is 4.68 Å². The van der Waals surface area contributed by atoms with Crippen LogP contribution in [0.25, 0.3) is 0 Å². The second-order valence-corrected chi connectivity index (χ2v) is 7.00. The quantitative estimate of drug-likeness (QED) is 0.878. The second-order valence-electron chi connectivity index (χ2n) is 7.00. The number of hydrogen-bond donors (Lipinski definition) is 1. The first-order valence-corrected chi connectivity index (χ1v) is 8.46. The van der Waals surface area contributed by atoms with Crippen molar-refractivity contribution in [3.8, 4) is 0 Å². The fourth-order valence-electron chi connectivity index (χ4n) is 3.13. The zero-order valence-electron chi connectivity index (χ0n) is 14.6. The highest BCUT2D eigenvalue weighted by Crippen LogP contribution is 2.18. The predicted octanol–water partition coefficient (Wildman–Crippen LogP) is 2.39. The lowest BCUT2D eigenvalue weighted by Gasteiger charge is -2.30. The van der Waals surface area contributed by atoms with Crippen LogP contribution in [-0.2, 0) is 7.05 Å². The van der Waals surface area contributed by atoms with Crippen molar-refractivity contribution in [1.29, 1.82) is 0 Å². The maximum atomic E-state index is 12.5. The molecule has 1 saturated heterocycles. The van der Waals surface area contributed by atoms with Crippen LogP contribution in [0.5, 0.6) is 0 Å². The highest BCUT2D eigenvalue weighted by molar-refractivity contribution is 5.92. The number of nitrogens with one attached hydrogen (secondary N) is 1. The number of amides is 1. The molecule has 5 heteroatoms. The number of nitrogens with zero attached hydrogens (tertiary/aromatic N) is 3. The van der Waals surface area contributed by atoms with E-state index in [0.29, 0.717) is 30.1 Å². The highest BCUT2D eigenvalue weighted by Gasteiger charge is 2.25. The molecule has 1 N–H and O–H groups in total. The van der Waals surface area contributed by atoms with Crippen molar-refractivity contribution < 1.29 is 4.79 Å². The van der Waals surface area contributed by atoms with Crippen LogP contribution in [0, 0.1) is 5.92 Å². The van der Waals surface area contributed by atoms with Gasteiger partial charge >= 0.3 is 0 Å². The van der Waals surface area contributed by atoms with Crippen molar-refractivity contribution in [3.63, 3.8) is 0 Å². The Bertz CT molecular complexity index is 501. The van der Waals surface area contributed by atoms with Gasteiger partial charge in [0.15, 0.2) is 0 Å². The lowest BCUT2D eigenvalue weighted by atomic mass is 10.0. The minimum Gasteiger partial charge on any atom is -0.349 e. The van der Waals surface area contributed by atoms with E-state index in [0.717, 1.165) is 18.8 Å². The van der Waals surface area contributed by atoms with Gasteiger partial charge in [-0.25, -0.2) is 0 Å². The van der Waals surface area contributed by atoms with Crippen molar-refractivity contribution in [2.45, 2.75) is 52.5 Å². The molecular weight excluding hydrogens is 276 g/mol. The molecule has 2 heterocycles. The van der Waals surface area contributed by atoms with E-state index in [4.69, 9.17) is 0 Å². The summed E-state index contributed by atoms with van der Waals surface area (Å²) in [5.74, 6) is 0.851. The van der Waals surface area contributed by atoms with E-state index < -0.39 is 0 Å². The number of carbonyl (C=O) groups is 1. The summed E-state index contributed by atoms with van der Waals surface area (Å²) in [6.45, 7) is 11.7. The zero-order chi connectivity index (χ0) is 16.3. The Balaban J connectivity index is 1.98. The Morgan fingerprint density at radius 1 is 1.27 bits per heavy atom. The minimum atomic E-state index is -0.0215. The molecule has 124 valence electrons.